The molecular weight excluding hydrogens is 422 g/mol. The lowest BCUT2D eigenvalue weighted by Gasteiger charge is -2.30. The highest BCUT2D eigenvalue weighted by atomic mass is 32.1. The number of Topliss-reactive ketones (excluding diaryl/α,β-unsaturated/α-hetero) is 1. The van der Waals surface area contributed by atoms with Gasteiger partial charge in [-0.15, -0.1) is 0 Å². The lowest BCUT2D eigenvalue weighted by Crippen LogP contribution is -2.53. The minimum Gasteiger partial charge on any atom is -0.480 e. The van der Waals surface area contributed by atoms with Crippen LogP contribution in [0.5, 0.6) is 0 Å². The SMILES string of the molecule is CCC[C@@H](S)C(=O)C1(C(=O)N[C@@H](Cc2ccc(-c3ccccc3)cc2)C(=O)O)CCCC1. The van der Waals surface area contributed by atoms with E-state index in [0.717, 1.165) is 36.0 Å². The monoisotopic (exact) mass is 453 g/mol. The Hall–Kier alpha value is -2.60. The maximum Gasteiger partial charge on any atom is 0.326 e. The number of carbonyl (C=O) groups excluding carboxylic acids is 2. The molecular formula is C26H31NO4S. The molecule has 0 aliphatic heterocycles. The van der Waals surface area contributed by atoms with Gasteiger partial charge in [0.2, 0.25) is 5.91 Å². The number of thiol groups is 1. The van der Waals surface area contributed by atoms with E-state index in [0.29, 0.717) is 19.3 Å². The molecule has 0 radical (unpaired) electrons. The molecule has 1 amide bonds. The topological polar surface area (TPSA) is 83.5 Å². The van der Waals surface area contributed by atoms with E-state index < -0.39 is 28.6 Å². The highest BCUT2D eigenvalue weighted by Gasteiger charge is 2.49. The summed E-state index contributed by atoms with van der Waals surface area (Å²) in [6, 6.07) is 16.5. The van der Waals surface area contributed by atoms with Gasteiger partial charge in [0.05, 0.1) is 5.25 Å². The smallest absolute Gasteiger partial charge is 0.326 e. The molecule has 1 aliphatic rings. The van der Waals surface area contributed by atoms with Crippen molar-refractivity contribution in [3.05, 3.63) is 60.2 Å². The zero-order valence-electron chi connectivity index (χ0n) is 18.4. The lowest BCUT2D eigenvalue weighted by atomic mass is 9.78. The molecule has 0 heterocycles. The second kappa shape index (κ2) is 10.8. The molecule has 0 aromatic heterocycles. The summed E-state index contributed by atoms with van der Waals surface area (Å²) in [7, 11) is 0. The first-order chi connectivity index (χ1) is 15.4. The number of benzene rings is 2. The average molecular weight is 454 g/mol. The zero-order chi connectivity index (χ0) is 23.1. The average Bonchev–Trinajstić information content (AvgIpc) is 3.30. The number of aliphatic carboxylic acids is 1. The first-order valence-corrected chi connectivity index (χ1v) is 11.8. The number of hydrogen-bond acceptors (Lipinski definition) is 4. The van der Waals surface area contributed by atoms with Gasteiger partial charge in [-0.25, -0.2) is 4.79 Å². The molecule has 2 aromatic rings. The van der Waals surface area contributed by atoms with E-state index >= 15 is 0 Å². The third-order valence-corrected chi connectivity index (χ3v) is 6.83. The van der Waals surface area contributed by atoms with Crippen molar-refractivity contribution in [3.8, 4) is 11.1 Å². The van der Waals surface area contributed by atoms with Gasteiger partial charge >= 0.3 is 5.97 Å². The third kappa shape index (κ3) is 5.41. The van der Waals surface area contributed by atoms with Gasteiger partial charge in [0.15, 0.2) is 5.78 Å². The van der Waals surface area contributed by atoms with E-state index in [-0.39, 0.29) is 12.2 Å². The fourth-order valence-corrected chi connectivity index (χ4v) is 4.99. The number of amides is 1. The van der Waals surface area contributed by atoms with Crippen molar-refractivity contribution in [2.24, 2.45) is 5.41 Å². The van der Waals surface area contributed by atoms with Crippen molar-refractivity contribution in [1.29, 1.82) is 0 Å². The second-order valence-electron chi connectivity index (χ2n) is 8.59. The summed E-state index contributed by atoms with van der Waals surface area (Å²) in [5.74, 6) is -1.75. The largest absolute Gasteiger partial charge is 0.480 e. The van der Waals surface area contributed by atoms with Crippen LogP contribution in [0, 0.1) is 5.41 Å². The maximum atomic E-state index is 13.2. The number of rotatable bonds is 10. The first kappa shape index (κ1) is 24.1. The lowest BCUT2D eigenvalue weighted by molar-refractivity contribution is -0.147. The van der Waals surface area contributed by atoms with E-state index in [1.165, 1.54) is 0 Å². The summed E-state index contributed by atoms with van der Waals surface area (Å²) in [5, 5.41) is 11.9. The van der Waals surface area contributed by atoms with Gasteiger partial charge in [0, 0.05) is 6.42 Å². The highest BCUT2D eigenvalue weighted by molar-refractivity contribution is 7.81. The molecule has 5 nitrogen and oxygen atoms in total. The van der Waals surface area contributed by atoms with E-state index in [1.807, 2.05) is 61.5 Å². The maximum absolute atomic E-state index is 13.2. The van der Waals surface area contributed by atoms with Crippen LogP contribution in [0.4, 0.5) is 0 Å². The predicted octanol–water partition coefficient (Wildman–Crippen LogP) is 4.69. The van der Waals surface area contributed by atoms with Crippen LogP contribution in [0.3, 0.4) is 0 Å². The predicted molar refractivity (Wildman–Crippen MR) is 129 cm³/mol. The van der Waals surface area contributed by atoms with Gasteiger partial charge in [0.25, 0.3) is 0 Å². The molecule has 2 aromatic carbocycles. The standard InChI is InChI=1S/C26H31NO4S/c1-2-8-22(32)23(28)26(15-6-7-16-26)25(31)27-21(24(29)30)17-18-11-13-20(14-12-18)19-9-4-3-5-10-19/h3-5,9-14,21-22,32H,2,6-8,15-17H2,1H3,(H,27,31)(H,29,30)/t21-,22+/m0/s1. The van der Waals surface area contributed by atoms with Gasteiger partial charge in [0.1, 0.15) is 11.5 Å². The van der Waals surface area contributed by atoms with Crippen LogP contribution in [0.25, 0.3) is 11.1 Å². The Bertz CT molecular complexity index is 936. The van der Waals surface area contributed by atoms with Crippen molar-refractivity contribution in [2.75, 3.05) is 0 Å². The van der Waals surface area contributed by atoms with Crippen molar-refractivity contribution in [3.63, 3.8) is 0 Å². The van der Waals surface area contributed by atoms with Crippen LogP contribution in [0.1, 0.15) is 51.0 Å². The molecule has 0 saturated heterocycles. The molecule has 2 N–H and O–H groups in total. The van der Waals surface area contributed by atoms with Crippen molar-refractivity contribution in [2.45, 2.75) is 63.2 Å². The number of ketones is 1. The van der Waals surface area contributed by atoms with Gasteiger partial charge in [-0.1, -0.05) is 80.8 Å². The van der Waals surface area contributed by atoms with Crippen LogP contribution in [-0.2, 0) is 20.8 Å². The minimum absolute atomic E-state index is 0.152. The molecule has 32 heavy (non-hydrogen) atoms. The summed E-state index contributed by atoms with van der Waals surface area (Å²) in [5.41, 5.74) is 1.77. The molecule has 0 spiro atoms. The number of carboxylic acids is 1. The minimum atomic E-state index is -1.16. The molecule has 0 unspecified atom stereocenters. The van der Waals surface area contributed by atoms with E-state index in [2.05, 4.69) is 17.9 Å². The molecule has 1 saturated carbocycles. The second-order valence-corrected chi connectivity index (χ2v) is 9.21. The molecule has 1 aliphatic carbocycles. The fraction of sp³-hybridized carbons (Fsp3) is 0.423. The Morgan fingerprint density at radius 2 is 1.59 bits per heavy atom. The van der Waals surface area contributed by atoms with Crippen molar-refractivity contribution < 1.29 is 19.5 Å². The van der Waals surface area contributed by atoms with Gasteiger partial charge < -0.3 is 10.4 Å². The highest BCUT2D eigenvalue weighted by Crippen LogP contribution is 2.41. The van der Waals surface area contributed by atoms with Crippen LogP contribution in [0.2, 0.25) is 0 Å². The Morgan fingerprint density at radius 1 is 1.00 bits per heavy atom. The molecule has 3 rings (SSSR count). The van der Waals surface area contributed by atoms with Crippen LogP contribution >= 0.6 is 12.6 Å². The van der Waals surface area contributed by atoms with Gasteiger partial charge in [-0.2, -0.15) is 12.6 Å². The van der Waals surface area contributed by atoms with Crippen molar-refractivity contribution in [1.82, 2.24) is 5.32 Å². The third-order valence-electron chi connectivity index (χ3n) is 6.33. The summed E-state index contributed by atoms with van der Waals surface area (Å²) in [4.78, 5) is 38.3. The molecule has 6 heteroatoms. The Balaban J connectivity index is 1.73. The quantitative estimate of drug-likeness (QED) is 0.360. The Morgan fingerprint density at radius 3 is 2.16 bits per heavy atom. The summed E-state index contributed by atoms with van der Waals surface area (Å²) in [6.45, 7) is 1.97. The molecule has 170 valence electrons. The normalized spacial score (nSPS) is 16.8. The summed E-state index contributed by atoms with van der Waals surface area (Å²) < 4.78 is 0. The number of carbonyl (C=O) groups is 3. The first-order valence-electron chi connectivity index (χ1n) is 11.3. The number of nitrogens with one attached hydrogen (secondary N) is 1. The fourth-order valence-electron chi connectivity index (χ4n) is 4.48. The molecule has 2 atom stereocenters. The van der Waals surface area contributed by atoms with E-state index in [1.54, 1.807) is 0 Å². The summed E-state index contributed by atoms with van der Waals surface area (Å²) in [6.07, 6.45) is 4.03. The van der Waals surface area contributed by atoms with Crippen molar-refractivity contribution >= 4 is 30.3 Å². The van der Waals surface area contributed by atoms with E-state index in [4.69, 9.17) is 0 Å². The van der Waals surface area contributed by atoms with Gasteiger partial charge in [-0.3, -0.25) is 9.59 Å². The number of hydrogen-bond donors (Lipinski definition) is 3. The van der Waals surface area contributed by atoms with Crippen LogP contribution in [0.15, 0.2) is 54.6 Å². The van der Waals surface area contributed by atoms with Crippen LogP contribution in [-0.4, -0.2) is 34.1 Å². The summed E-state index contributed by atoms with van der Waals surface area (Å²) >= 11 is 4.43. The molecule has 0 bridgehead atoms. The van der Waals surface area contributed by atoms with E-state index in [9.17, 15) is 19.5 Å². The number of carboxylic acid groups (broad SMARTS) is 1. The Labute approximate surface area is 195 Å². The van der Waals surface area contributed by atoms with Gasteiger partial charge in [-0.05, 0) is 36.0 Å². The molecule has 1 fully saturated rings. The zero-order valence-corrected chi connectivity index (χ0v) is 19.3. The Kier molecular flexibility index (Phi) is 8.13. The van der Waals surface area contributed by atoms with Crippen LogP contribution < -0.4 is 5.32 Å².